The van der Waals surface area contributed by atoms with Gasteiger partial charge in [0.15, 0.2) is 5.75 Å². The molecule has 1 aromatic carbocycles. The van der Waals surface area contributed by atoms with Crippen molar-refractivity contribution in [1.82, 2.24) is 5.32 Å². The molecule has 1 aromatic rings. The van der Waals surface area contributed by atoms with Gasteiger partial charge in [-0.05, 0) is 37.3 Å². The Kier molecular flexibility index (Phi) is 4.74. The highest BCUT2D eigenvalue weighted by Crippen LogP contribution is 2.28. The summed E-state index contributed by atoms with van der Waals surface area (Å²) in [4.78, 5) is 22.4. The number of carbonyl (C=O) groups excluding carboxylic acids is 1. The molecule has 1 amide bonds. The quantitative estimate of drug-likeness (QED) is 0.633. The van der Waals surface area contributed by atoms with Gasteiger partial charge in [0.05, 0.1) is 18.1 Å². The van der Waals surface area contributed by atoms with E-state index in [1.165, 1.54) is 25.3 Å². The number of hydrogen-bond donors (Lipinski definition) is 2. The minimum absolute atomic E-state index is 0.121. The van der Waals surface area contributed by atoms with Crippen molar-refractivity contribution >= 4 is 11.6 Å². The van der Waals surface area contributed by atoms with Gasteiger partial charge in [0.25, 0.3) is 5.91 Å². The minimum Gasteiger partial charge on any atom is -0.490 e. The first kappa shape index (κ1) is 15.2. The van der Waals surface area contributed by atoms with E-state index in [1.807, 2.05) is 0 Å². The predicted molar refractivity (Wildman–Crippen MR) is 75.3 cm³/mol. The molecule has 0 saturated heterocycles. The van der Waals surface area contributed by atoms with Crippen LogP contribution < -0.4 is 10.1 Å². The van der Waals surface area contributed by atoms with Crippen LogP contribution in [-0.4, -0.2) is 35.7 Å². The summed E-state index contributed by atoms with van der Waals surface area (Å²) in [5.74, 6) is 0.0230. The second-order valence-electron chi connectivity index (χ2n) is 5.19. The fourth-order valence-electron chi connectivity index (χ4n) is 2.55. The van der Waals surface area contributed by atoms with Crippen LogP contribution in [0.5, 0.6) is 5.75 Å². The third-order valence-corrected chi connectivity index (χ3v) is 3.70. The number of carbonyl (C=O) groups is 1. The normalized spacial score (nSPS) is 21.0. The van der Waals surface area contributed by atoms with E-state index in [0.29, 0.717) is 13.0 Å². The Bertz CT molecular complexity index is 546. The summed E-state index contributed by atoms with van der Waals surface area (Å²) in [5.41, 5.74) is -0.0116. The molecule has 1 saturated carbocycles. The molecule has 114 valence electrons. The molecule has 1 fully saturated rings. The Morgan fingerprint density at radius 3 is 2.86 bits per heavy atom. The summed E-state index contributed by atoms with van der Waals surface area (Å²) >= 11 is 0. The molecule has 0 aromatic heterocycles. The Labute approximate surface area is 122 Å². The fourth-order valence-corrected chi connectivity index (χ4v) is 2.55. The molecule has 0 bridgehead atoms. The first-order valence-corrected chi connectivity index (χ1v) is 6.80. The number of hydrogen-bond acceptors (Lipinski definition) is 5. The maximum atomic E-state index is 12.0. The SMILES string of the molecule is COc1ccc(C(=O)NCC2CCC(O)C2)cc1[N+](=O)[O-]. The lowest BCUT2D eigenvalue weighted by Crippen LogP contribution is -2.28. The van der Waals surface area contributed by atoms with Crippen LogP contribution in [0.2, 0.25) is 0 Å². The number of methoxy groups -OCH3 is 1. The van der Waals surface area contributed by atoms with Crippen molar-refractivity contribution in [3.63, 3.8) is 0 Å². The zero-order valence-electron chi connectivity index (χ0n) is 11.7. The molecule has 0 spiro atoms. The summed E-state index contributed by atoms with van der Waals surface area (Å²) in [7, 11) is 1.34. The average molecular weight is 294 g/mol. The molecule has 1 aliphatic carbocycles. The van der Waals surface area contributed by atoms with E-state index in [-0.39, 0.29) is 34.9 Å². The number of nitro groups is 1. The topological polar surface area (TPSA) is 102 Å². The van der Waals surface area contributed by atoms with Crippen LogP contribution >= 0.6 is 0 Å². The molecule has 1 aliphatic rings. The predicted octanol–water partition coefficient (Wildman–Crippen LogP) is 1.49. The molecule has 2 N–H and O–H groups in total. The summed E-state index contributed by atoms with van der Waals surface area (Å²) in [6.07, 6.45) is 2.04. The monoisotopic (exact) mass is 294 g/mol. The molecule has 0 heterocycles. The van der Waals surface area contributed by atoms with Gasteiger partial charge in [-0.2, -0.15) is 0 Å². The van der Waals surface area contributed by atoms with E-state index >= 15 is 0 Å². The van der Waals surface area contributed by atoms with Crippen molar-refractivity contribution in [2.24, 2.45) is 5.92 Å². The molecular weight excluding hydrogens is 276 g/mol. The Hall–Kier alpha value is -2.15. The van der Waals surface area contributed by atoms with Gasteiger partial charge in [0, 0.05) is 18.2 Å². The number of nitrogens with zero attached hydrogens (tertiary/aromatic N) is 1. The Morgan fingerprint density at radius 1 is 1.52 bits per heavy atom. The van der Waals surface area contributed by atoms with E-state index in [9.17, 15) is 20.0 Å². The van der Waals surface area contributed by atoms with Gasteiger partial charge < -0.3 is 15.2 Å². The number of ether oxygens (including phenoxy) is 1. The highest BCUT2D eigenvalue weighted by atomic mass is 16.6. The van der Waals surface area contributed by atoms with E-state index in [2.05, 4.69) is 5.32 Å². The lowest BCUT2D eigenvalue weighted by Gasteiger charge is -2.11. The number of amides is 1. The molecule has 7 nitrogen and oxygen atoms in total. The third-order valence-electron chi connectivity index (χ3n) is 3.70. The zero-order valence-corrected chi connectivity index (χ0v) is 11.7. The number of aliphatic hydroxyl groups is 1. The van der Waals surface area contributed by atoms with Gasteiger partial charge in [0.1, 0.15) is 0 Å². The van der Waals surface area contributed by atoms with E-state index in [4.69, 9.17) is 4.74 Å². The number of nitro benzene ring substituents is 1. The summed E-state index contributed by atoms with van der Waals surface area (Å²) in [5, 5.41) is 23.1. The van der Waals surface area contributed by atoms with Gasteiger partial charge in [-0.1, -0.05) is 0 Å². The minimum atomic E-state index is -0.580. The second kappa shape index (κ2) is 6.53. The zero-order chi connectivity index (χ0) is 15.4. The van der Waals surface area contributed by atoms with Crippen molar-refractivity contribution in [2.45, 2.75) is 25.4 Å². The first-order valence-electron chi connectivity index (χ1n) is 6.80. The van der Waals surface area contributed by atoms with E-state index in [1.54, 1.807) is 0 Å². The summed E-state index contributed by atoms with van der Waals surface area (Å²) < 4.78 is 4.89. The lowest BCUT2D eigenvalue weighted by molar-refractivity contribution is -0.385. The molecule has 2 atom stereocenters. The first-order chi connectivity index (χ1) is 10.0. The second-order valence-corrected chi connectivity index (χ2v) is 5.19. The Balaban J connectivity index is 2.02. The molecular formula is C14H18N2O5. The van der Waals surface area contributed by atoms with Crippen LogP contribution in [0.25, 0.3) is 0 Å². The van der Waals surface area contributed by atoms with Crippen LogP contribution in [0.15, 0.2) is 18.2 Å². The van der Waals surface area contributed by atoms with Crippen molar-refractivity contribution in [1.29, 1.82) is 0 Å². The maximum absolute atomic E-state index is 12.0. The van der Waals surface area contributed by atoms with Crippen molar-refractivity contribution in [3.8, 4) is 5.75 Å². The fraction of sp³-hybridized carbons (Fsp3) is 0.500. The molecule has 21 heavy (non-hydrogen) atoms. The van der Waals surface area contributed by atoms with E-state index < -0.39 is 4.92 Å². The van der Waals surface area contributed by atoms with Crippen molar-refractivity contribution < 1.29 is 19.6 Å². The Morgan fingerprint density at radius 2 is 2.29 bits per heavy atom. The van der Waals surface area contributed by atoms with Gasteiger partial charge >= 0.3 is 5.69 Å². The molecule has 0 radical (unpaired) electrons. The smallest absolute Gasteiger partial charge is 0.311 e. The lowest BCUT2D eigenvalue weighted by atomic mass is 10.1. The van der Waals surface area contributed by atoms with Crippen LogP contribution in [0.4, 0.5) is 5.69 Å². The van der Waals surface area contributed by atoms with Gasteiger partial charge in [-0.15, -0.1) is 0 Å². The van der Waals surface area contributed by atoms with Gasteiger partial charge in [-0.25, -0.2) is 0 Å². The van der Waals surface area contributed by atoms with Crippen LogP contribution in [0.1, 0.15) is 29.6 Å². The standard InChI is InChI=1S/C14H18N2O5/c1-21-13-5-3-10(7-12(13)16(19)20)14(18)15-8-9-2-4-11(17)6-9/h3,5,7,9,11,17H,2,4,6,8H2,1H3,(H,15,18). The molecule has 2 rings (SSSR count). The van der Waals surface area contributed by atoms with Crippen molar-refractivity contribution in [3.05, 3.63) is 33.9 Å². The number of aliphatic hydroxyl groups excluding tert-OH is 1. The van der Waals surface area contributed by atoms with E-state index in [0.717, 1.165) is 12.8 Å². The summed E-state index contributed by atoms with van der Waals surface area (Å²) in [6, 6.07) is 4.11. The number of rotatable bonds is 5. The molecule has 0 aliphatic heterocycles. The maximum Gasteiger partial charge on any atom is 0.311 e. The molecule has 2 unspecified atom stereocenters. The van der Waals surface area contributed by atoms with Crippen molar-refractivity contribution in [2.75, 3.05) is 13.7 Å². The number of nitrogens with one attached hydrogen (secondary N) is 1. The van der Waals surface area contributed by atoms with Gasteiger partial charge in [0.2, 0.25) is 0 Å². The number of benzene rings is 1. The highest BCUT2D eigenvalue weighted by molar-refractivity contribution is 5.95. The average Bonchev–Trinajstić information content (AvgIpc) is 2.89. The van der Waals surface area contributed by atoms with Gasteiger partial charge in [-0.3, -0.25) is 14.9 Å². The largest absolute Gasteiger partial charge is 0.490 e. The van der Waals surface area contributed by atoms with Crippen LogP contribution in [-0.2, 0) is 0 Å². The third kappa shape index (κ3) is 3.69. The highest BCUT2D eigenvalue weighted by Gasteiger charge is 2.24. The molecule has 7 heteroatoms. The summed E-state index contributed by atoms with van der Waals surface area (Å²) in [6.45, 7) is 0.468. The van der Waals surface area contributed by atoms with Crippen LogP contribution in [0.3, 0.4) is 0 Å². The van der Waals surface area contributed by atoms with Crippen LogP contribution in [0, 0.1) is 16.0 Å².